The first kappa shape index (κ1) is 15.5. The second-order valence-corrected chi connectivity index (χ2v) is 6.36. The molecule has 4 N–H and O–H groups in total. The summed E-state index contributed by atoms with van der Waals surface area (Å²) in [6.45, 7) is 5.56. The van der Waals surface area contributed by atoms with E-state index in [9.17, 15) is 4.79 Å². The molecule has 21 heavy (non-hydrogen) atoms. The van der Waals surface area contributed by atoms with Crippen molar-refractivity contribution in [2.45, 2.75) is 38.5 Å². The highest BCUT2D eigenvalue weighted by molar-refractivity contribution is 5.97. The third-order valence-electron chi connectivity index (χ3n) is 3.11. The molecule has 0 fully saturated rings. The maximum Gasteiger partial charge on any atom is 0.339 e. The summed E-state index contributed by atoms with van der Waals surface area (Å²) in [5.41, 5.74) is 12.7. The van der Waals surface area contributed by atoms with Crippen LogP contribution in [0.3, 0.4) is 0 Å². The fourth-order valence-electron chi connectivity index (χ4n) is 2.11. The van der Waals surface area contributed by atoms with Crippen LogP contribution in [0.15, 0.2) is 42.5 Å². The van der Waals surface area contributed by atoms with Crippen LogP contribution in [0.4, 0.5) is 0 Å². The lowest BCUT2D eigenvalue weighted by atomic mass is 9.91. The lowest BCUT2D eigenvalue weighted by Gasteiger charge is -2.24. The molecule has 0 unspecified atom stereocenters. The van der Waals surface area contributed by atoms with Gasteiger partial charge in [-0.05, 0) is 44.1 Å². The Morgan fingerprint density at radius 3 is 2.48 bits per heavy atom. The second-order valence-electron chi connectivity index (χ2n) is 6.36. The number of carbonyl (C=O) groups excluding carboxylic acids is 1. The zero-order valence-electron chi connectivity index (χ0n) is 12.7. The molecule has 0 amide bonds. The number of carbonyl (C=O) groups is 1. The van der Waals surface area contributed by atoms with Crippen LogP contribution in [0.5, 0.6) is 0 Å². The number of rotatable bonds is 2. The summed E-state index contributed by atoms with van der Waals surface area (Å²) in [6, 6.07) is 7.39. The van der Waals surface area contributed by atoms with Gasteiger partial charge in [0.1, 0.15) is 5.60 Å². The van der Waals surface area contributed by atoms with Crippen molar-refractivity contribution >= 4 is 11.5 Å². The Labute approximate surface area is 125 Å². The largest absolute Gasteiger partial charge is 0.456 e. The lowest BCUT2D eigenvalue weighted by molar-refractivity contribution is 0.00692. The van der Waals surface area contributed by atoms with Gasteiger partial charge in [-0.2, -0.15) is 0 Å². The molecule has 2 rings (SSSR count). The molecule has 1 aromatic carbocycles. The molecule has 0 heterocycles. The Bertz CT molecular complexity index is 607. The van der Waals surface area contributed by atoms with E-state index in [2.05, 4.69) is 0 Å². The number of ether oxygens (including phenoxy) is 1. The van der Waals surface area contributed by atoms with E-state index in [0.29, 0.717) is 12.0 Å². The molecule has 0 radical (unpaired) electrons. The van der Waals surface area contributed by atoms with Gasteiger partial charge >= 0.3 is 5.97 Å². The quantitative estimate of drug-likeness (QED) is 0.647. The normalized spacial score (nSPS) is 17.3. The van der Waals surface area contributed by atoms with Crippen LogP contribution in [0.25, 0.3) is 5.57 Å². The van der Waals surface area contributed by atoms with Crippen molar-refractivity contribution in [3.63, 3.8) is 0 Å². The first-order valence-corrected chi connectivity index (χ1v) is 6.98. The van der Waals surface area contributed by atoms with Crippen LogP contribution in [0.2, 0.25) is 0 Å². The summed E-state index contributed by atoms with van der Waals surface area (Å²) < 4.78 is 5.46. The minimum absolute atomic E-state index is 0.329. The number of esters is 1. The zero-order chi connectivity index (χ0) is 15.7. The van der Waals surface area contributed by atoms with E-state index in [1.165, 1.54) is 0 Å². The highest BCUT2D eigenvalue weighted by atomic mass is 16.6. The Hall–Kier alpha value is -1.91. The zero-order valence-corrected chi connectivity index (χ0v) is 12.7. The van der Waals surface area contributed by atoms with E-state index in [1.54, 1.807) is 12.1 Å². The molecule has 1 aliphatic rings. The van der Waals surface area contributed by atoms with E-state index in [1.807, 2.05) is 51.1 Å². The van der Waals surface area contributed by atoms with Crippen molar-refractivity contribution in [2.75, 3.05) is 0 Å². The molecule has 0 aliphatic heterocycles. The van der Waals surface area contributed by atoms with Crippen LogP contribution < -0.4 is 11.5 Å². The summed E-state index contributed by atoms with van der Waals surface area (Å²) >= 11 is 0. The first-order chi connectivity index (χ1) is 9.68. The fourth-order valence-corrected chi connectivity index (χ4v) is 2.11. The highest BCUT2D eigenvalue weighted by Crippen LogP contribution is 2.27. The third kappa shape index (κ3) is 4.03. The van der Waals surface area contributed by atoms with Gasteiger partial charge in [-0.25, -0.2) is 4.79 Å². The molecule has 4 heteroatoms. The molecule has 0 aromatic heterocycles. The van der Waals surface area contributed by atoms with Crippen molar-refractivity contribution in [1.29, 1.82) is 0 Å². The number of allylic oxidation sites excluding steroid dienone is 2. The second kappa shape index (κ2) is 5.47. The average Bonchev–Trinajstić information content (AvgIpc) is 2.37. The Balaban J connectivity index is 2.33. The van der Waals surface area contributed by atoms with Gasteiger partial charge in [0.05, 0.1) is 11.2 Å². The van der Waals surface area contributed by atoms with Crippen molar-refractivity contribution < 1.29 is 9.53 Å². The number of hydrogen-bond acceptors (Lipinski definition) is 4. The topological polar surface area (TPSA) is 78.3 Å². The van der Waals surface area contributed by atoms with Crippen LogP contribution in [-0.4, -0.2) is 17.2 Å². The van der Waals surface area contributed by atoms with Crippen LogP contribution >= 0.6 is 0 Å². The molecule has 1 aromatic rings. The number of benzene rings is 1. The Morgan fingerprint density at radius 1 is 1.24 bits per heavy atom. The minimum atomic E-state index is -0.815. The summed E-state index contributed by atoms with van der Waals surface area (Å²) in [5.74, 6) is -0.329. The third-order valence-corrected chi connectivity index (χ3v) is 3.11. The molecule has 0 bridgehead atoms. The first-order valence-electron chi connectivity index (χ1n) is 6.98. The van der Waals surface area contributed by atoms with Crippen molar-refractivity contribution in [2.24, 2.45) is 11.5 Å². The molecule has 112 valence electrons. The van der Waals surface area contributed by atoms with Gasteiger partial charge in [-0.1, -0.05) is 30.4 Å². The molecule has 4 nitrogen and oxygen atoms in total. The molecule has 0 spiro atoms. The van der Waals surface area contributed by atoms with Crippen LogP contribution in [-0.2, 0) is 4.74 Å². The van der Waals surface area contributed by atoms with E-state index >= 15 is 0 Å². The number of nitrogens with two attached hydrogens (primary N) is 2. The van der Waals surface area contributed by atoms with E-state index in [4.69, 9.17) is 16.2 Å². The van der Waals surface area contributed by atoms with Crippen molar-refractivity contribution in [3.8, 4) is 0 Å². The standard InChI is InChI=1S/C17H22N2O2/c1-16(2,3)21-15(20)14-7-5-4-6-13(14)12-8-10-17(18,19)11-9-12/h4-10H,11,18-19H2,1-3H3. The van der Waals surface area contributed by atoms with Gasteiger partial charge in [0.15, 0.2) is 0 Å². The highest BCUT2D eigenvalue weighted by Gasteiger charge is 2.23. The van der Waals surface area contributed by atoms with Crippen LogP contribution in [0.1, 0.15) is 43.1 Å². The smallest absolute Gasteiger partial charge is 0.339 e. The molecular formula is C17H22N2O2. The van der Waals surface area contributed by atoms with Crippen molar-refractivity contribution in [1.82, 2.24) is 0 Å². The number of hydrogen-bond donors (Lipinski definition) is 2. The van der Waals surface area contributed by atoms with Gasteiger partial charge in [-0.15, -0.1) is 0 Å². The summed E-state index contributed by atoms with van der Waals surface area (Å²) in [7, 11) is 0. The summed E-state index contributed by atoms with van der Waals surface area (Å²) in [6.07, 6.45) is 6.09. The van der Waals surface area contributed by atoms with Gasteiger partial charge in [0, 0.05) is 6.42 Å². The molecule has 0 saturated heterocycles. The maximum absolute atomic E-state index is 12.3. The fraction of sp³-hybridized carbons (Fsp3) is 0.353. The van der Waals surface area contributed by atoms with Gasteiger partial charge in [0.25, 0.3) is 0 Å². The van der Waals surface area contributed by atoms with Crippen molar-refractivity contribution in [3.05, 3.63) is 53.6 Å². The Kier molecular flexibility index (Phi) is 4.03. The summed E-state index contributed by atoms with van der Waals surface area (Å²) in [5, 5.41) is 0. The van der Waals surface area contributed by atoms with E-state index < -0.39 is 11.3 Å². The van der Waals surface area contributed by atoms with E-state index in [-0.39, 0.29) is 5.97 Å². The average molecular weight is 286 g/mol. The molecule has 0 atom stereocenters. The lowest BCUT2D eigenvalue weighted by Crippen LogP contribution is -2.47. The van der Waals surface area contributed by atoms with E-state index in [0.717, 1.165) is 11.1 Å². The molecule has 0 saturated carbocycles. The monoisotopic (exact) mass is 286 g/mol. The SMILES string of the molecule is CC(C)(C)OC(=O)c1ccccc1C1=CCC(N)(N)C=C1. The van der Waals surface area contributed by atoms with Gasteiger partial charge in [-0.3, -0.25) is 0 Å². The van der Waals surface area contributed by atoms with Gasteiger partial charge in [0.2, 0.25) is 0 Å². The molecular weight excluding hydrogens is 264 g/mol. The summed E-state index contributed by atoms with van der Waals surface area (Å²) in [4.78, 5) is 12.3. The minimum Gasteiger partial charge on any atom is -0.456 e. The predicted molar refractivity (Wildman–Crippen MR) is 84.5 cm³/mol. The predicted octanol–water partition coefficient (Wildman–Crippen LogP) is 2.60. The Morgan fingerprint density at radius 2 is 1.90 bits per heavy atom. The van der Waals surface area contributed by atoms with Gasteiger partial charge < -0.3 is 16.2 Å². The van der Waals surface area contributed by atoms with Crippen LogP contribution in [0, 0.1) is 0 Å². The maximum atomic E-state index is 12.3. The molecule has 1 aliphatic carbocycles.